The van der Waals surface area contributed by atoms with Crippen molar-refractivity contribution in [3.63, 3.8) is 0 Å². The van der Waals surface area contributed by atoms with E-state index in [1.165, 1.54) is 0 Å². The third kappa shape index (κ3) is 5.02. The fourth-order valence-corrected chi connectivity index (χ4v) is 4.70. The Hall–Kier alpha value is -4.18. The van der Waals surface area contributed by atoms with E-state index in [1.54, 1.807) is 36.4 Å². The lowest BCUT2D eigenvalue weighted by Crippen LogP contribution is -2.15. The third-order valence-corrected chi connectivity index (χ3v) is 6.46. The molecule has 5 aromatic rings. The average molecular weight is 486 g/mol. The van der Waals surface area contributed by atoms with E-state index in [9.17, 15) is 9.59 Å². The van der Waals surface area contributed by atoms with Crippen molar-refractivity contribution < 1.29 is 9.59 Å². The Morgan fingerprint density at radius 3 is 2.63 bits per heavy atom. The summed E-state index contributed by atoms with van der Waals surface area (Å²) < 4.78 is 0. The minimum Gasteiger partial charge on any atom is -0.331 e. The fraction of sp³-hybridized carbons (Fsp3) is 0.160. The summed E-state index contributed by atoms with van der Waals surface area (Å²) >= 11 is 1.67. The van der Waals surface area contributed by atoms with E-state index < -0.39 is 5.91 Å². The molecule has 0 spiro atoms. The summed E-state index contributed by atoms with van der Waals surface area (Å²) in [6.07, 6.45) is 7.01. The number of aromatic amines is 2. The average Bonchev–Trinajstić information content (AvgIpc) is 3.52. The van der Waals surface area contributed by atoms with Crippen molar-refractivity contribution in [2.75, 3.05) is 16.4 Å². The number of imidazole rings is 2. The molecule has 2 aromatic carbocycles. The second kappa shape index (κ2) is 9.98. The largest absolute Gasteiger partial charge is 0.331 e. The van der Waals surface area contributed by atoms with E-state index in [4.69, 9.17) is 0 Å². The molecule has 3 aromatic heterocycles. The summed E-state index contributed by atoms with van der Waals surface area (Å²) in [5.41, 5.74) is 1.77. The molecule has 9 nitrogen and oxygen atoms in total. The molecule has 0 aliphatic carbocycles. The lowest BCUT2D eigenvalue weighted by atomic mass is 10.1. The number of carbonyl (C=O) groups is 2. The standard InChI is InChI=1S/C25H23N7O2S/c1-2-3-10-35-17-12-18(22(33)31-24-26-8-9-27-24)21-19(13-17)29-25(30-21)32-23(34)20-11-15-6-4-5-7-16(15)14-28-20/h4-9,11-14H,2-3,10H2,1H3,(H2,26,27,31,33)(H2,29,30,32,34). The normalized spacial score (nSPS) is 11.1. The zero-order chi connectivity index (χ0) is 24.2. The smallest absolute Gasteiger partial charge is 0.276 e. The molecule has 0 atom stereocenters. The van der Waals surface area contributed by atoms with Crippen LogP contribution in [0.25, 0.3) is 21.8 Å². The predicted molar refractivity (Wildman–Crippen MR) is 138 cm³/mol. The van der Waals surface area contributed by atoms with Gasteiger partial charge in [0, 0.05) is 28.9 Å². The second-order valence-electron chi connectivity index (χ2n) is 7.92. The Bertz CT molecular complexity index is 1510. The number of fused-ring (bicyclic) bond motifs is 2. The molecule has 0 aliphatic rings. The molecule has 5 rings (SSSR count). The summed E-state index contributed by atoms with van der Waals surface area (Å²) in [6.45, 7) is 2.14. The van der Waals surface area contributed by atoms with Gasteiger partial charge in [-0.2, -0.15) is 0 Å². The molecule has 2 amide bonds. The van der Waals surface area contributed by atoms with Gasteiger partial charge >= 0.3 is 0 Å². The zero-order valence-corrected chi connectivity index (χ0v) is 19.8. The number of thioether (sulfide) groups is 1. The maximum atomic E-state index is 13.1. The van der Waals surface area contributed by atoms with Crippen molar-refractivity contribution in [3.05, 3.63) is 72.3 Å². The Labute approximate surface area is 205 Å². The van der Waals surface area contributed by atoms with Crippen LogP contribution in [0.4, 0.5) is 11.9 Å². The number of rotatable bonds is 8. The van der Waals surface area contributed by atoms with Crippen molar-refractivity contribution in [1.82, 2.24) is 24.9 Å². The van der Waals surface area contributed by atoms with Gasteiger partial charge in [0.25, 0.3) is 11.8 Å². The molecule has 0 radical (unpaired) electrons. The molecule has 176 valence electrons. The Balaban J connectivity index is 1.45. The minimum atomic E-state index is -0.394. The van der Waals surface area contributed by atoms with Crippen molar-refractivity contribution >= 4 is 57.3 Å². The molecule has 0 saturated heterocycles. The molecule has 35 heavy (non-hydrogen) atoms. The Morgan fingerprint density at radius 1 is 1.00 bits per heavy atom. The highest BCUT2D eigenvalue weighted by Gasteiger charge is 2.18. The summed E-state index contributed by atoms with van der Waals surface area (Å²) in [7, 11) is 0. The van der Waals surface area contributed by atoms with Gasteiger partial charge in [-0.05, 0) is 35.8 Å². The van der Waals surface area contributed by atoms with Crippen LogP contribution in [0.5, 0.6) is 0 Å². The van der Waals surface area contributed by atoms with Crippen LogP contribution in [-0.2, 0) is 0 Å². The van der Waals surface area contributed by atoms with Crippen LogP contribution in [-0.4, -0.2) is 42.5 Å². The number of benzene rings is 2. The molecule has 0 fully saturated rings. The number of nitrogens with one attached hydrogen (secondary N) is 4. The lowest BCUT2D eigenvalue weighted by molar-refractivity contribution is 0.101. The van der Waals surface area contributed by atoms with Gasteiger partial charge in [-0.3, -0.25) is 25.2 Å². The van der Waals surface area contributed by atoms with Crippen LogP contribution in [0.15, 0.2) is 66.0 Å². The first kappa shape index (κ1) is 22.6. The molecule has 0 saturated carbocycles. The van der Waals surface area contributed by atoms with E-state index in [1.807, 2.05) is 36.4 Å². The summed E-state index contributed by atoms with van der Waals surface area (Å²) in [5, 5.41) is 7.39. The van der Waals surface area contributed by atoms with Crippen molar-refractivity contribution in [1.29, 1.82) is 0 Å². The van der Waals surface area contributed by atoms with E-state index >= 15 is 0 Å². The molecule has 3 heterocycles. The Kier molecular flexibility index (Phi) is 6.44. The lowest BCUT2D eigenvalue weighted by Gasteiger charge is -2.06. The molecule has 0 aliphatic heterocycles. The number of H-pyrrole nitrogens is 2. The monoisotopic (exact) mass is 485 g/mol. The summed E-state index contributed by atoms with van der Waals surface area (Å²) in [5.74, 6) is 0.783. The van der Waals surface area contributed by atoms with Crippen LogP contribution < -0.4 is 10.6 Å². The topological polar surface area (TPSA) is 128 Å². The first-order chi connectivity index (χ1) is 17.1. The summed E-state index contributed by atoms with van der Waals surface area (Å²) in [6, 6.07) is 13.2. The molecular weight excluding hydrogens is 462 g/mol. The van der Waals surface area contributed by atoms with Crippen molar-refractivity contribution in [3.8, 4) is 0 Å². The maximum Gasteiger partial charge on any atom is 0.276 e. The first-order valence-corrected chi connectivity index (χ1v) is 12.2. The van der Waals surface area contributed by atoms with Crippen molar-refractivity contribution in [2.24, 2.45) is 0 Å². The number of carbonyl (C=O) groups excluding carboxylic acids is 2. The number of unbranched alkanes of at least 4 members (excludes halogenated alkanes) is 1. The molecular formula is C25H23N7O2S. The van der Waals surface area contributed by atoms with E-state index in [-0.39, 0.29) is 17.5 Å². The molecule has 0 bridgehead atoms. The highest BCUT2D eigenvalue weighted by molar-refractivity contribution is 7.99. The molecule has 0 unspecified atom stereocenters. The van der Waals surface area contributed by atoms with Gasteiger partial charge in [0.2, 0.25) is 11.9 Å². The van der Waals surface area contributed by atoms with E-state index in [0.29, 0.717) is 22.5 Å². The number of amides is 2. The SMILES string of the molecule is CCCCSc1cc(C(=O)Nc2ncc[nH]2)c2nc(NC(=O)c3cc4ccccc4cn3)[nH]c2c1. The van der Waals surface area contributed by atoms with Gasteiger partial charge in [0.15, 0.2) is 0 Å². The number of anilines is 2. The summed E-state index contributed by atoms with van der Waals surface area (Å²) in [4.78, 5) is 45.7. The van der Waals surface area contributed by atoms with Gasteiger partial charge in [-0.15, -0.1) is 11.8 Å². The number of hydrogen-bond donors (Lipinski definition) is 4. The molecule has 4 N–H and O–H groups in total. The minimum absolute atomic E-state index is 0.239. The third-order valence-electron chi connectivity index (χ3n) is 5.40. The van der Waals surface area contributed by atoms with Gasteiger partial charge < -0.3 is 9.97 Å². The highest BCUT2D eigenvalue weighted by atomic mass is 32.2. The number of pyridine rings is 1. The van der Waals surface area contributed by atoms with E-state index in [2.05, 4.69) is 42.5 Å². The number of nitrogens with zero attached hydrogens (tertiary/aromatic N) is 3. The van der Waals surface area contributed by atoms with Gasteiger partial charge in [0.1, 0.15) is 11.2 Å². The van der Waals surface area contributed by atoms with Crippen LogP contribution >= 0.6 is 11.8 Å². The Morgan fingerprint density at radius 2 is 1.83 bits per heavy atom. The zero-order valence-electron chi connectivity index (χ0n) is 19.0. The van der Waals surface area contributed by atoms with Crippen molar-refractivity contribution in [2.45, 2.75) is 24.7 Å². The van der Waals surface area contributed by atoms with Crippen LogP contribution in [0.1, 0.15) is 40.6 Å². The first-order valence-electron chi connectivity index (χ1n) is 11.2. The molecule has 10 heteroatoms. The van der Waals surface area contributed by atoms with E-state index in [0.717, 1.165) is 34.3 Å². The van der Waals surface area contributed by atoms with Crippen LogP contribution in [0, 0.1) is 0 Å². The van der Waals surface area contributed by atoms with Gasteiger partial charge in [0.05, 0.1) is 11.1 Å². The fourth-order valence-electron chi connectivity index (χ4n) is 3.63. The number of aromatic nitrogens is 5. The second-order valence-corrected chi connectivity index (χ2v) is 9.09. The van der Waals surface area contributed by atoms with Gasteiger partial charge in [-0.25, -0.2) is 9.97 Å². The highest BCUT2D eigenvalue weighted by Crippen LogP contribution is 2.28. The number of hydrogen-bond acceptors (Lipinski definition) is 6. The quantitative estimate of drug-likeness (QED) is 0.176. The predicted octanol–water partition coefficient (Wildman–Crippen LogP) is 5.23. The van der Waals surface area contributed by atoms with Gasteiger partial charge in [-0.1, -0.05) is 37.6 Å². The van der Waals surface area contributed by atoms with Crippen LogP contribution in [0.3, 0.4) is 0 Å². The maximum absolute atomic E-state index is 13.1. The van der Waals surface area contributed by atoms with Crippen LogP contribution in [0.2, 0.25) is 0 Å².